The van der Waals surface area contributed by atoms with Gasteiger partial charge in [-0.15, -0.1) is 0 Å². The van der Waals surface area contributed by atoms with Gasteiger partial charge in [0.1, 0.15) is 5.60 Å². The third kappa shape index (κ3) is 5.46. The van der Waals surface area contributed by atoms with Crippen molar-refractivity contribution in [3.05, 3.63) is 27.8 Å². The van der Waals surface area contributed by atoms with E-state index in [1.807, 2.05) is 0 Å². The van der Waals surface area contributed by atoms with Crippen molar-refractivity contribution in [1.29, 1.82) is 0 Å². The van der Waals surface area contributed by atoms with Crippen LogP contribution < -0.4 is 14.9 Å². The molecule has 0 spiro atoms. The van der Waals surface area contributed by atoms with Crippen LogP contribution in [0, 0.1) is 10.1 Å². The Labute approximate surface area is 133 Å². The number of nitro groups is 1. The highest BCUT2D eigenvalue weighted by Crippen LogP contribution is 2.33. The highest BCUT2D eigenvalue weighted by atomic mass is 16.6. The van der Waals surface area contributed by atoms with Gasteiger partial charge in [-0.25, -0.2) is 10.2 Å². The number of nitrogens with one attached hydrogen (secondary N) is 1. The maximum atomic E-state index is 11.5. The van der Waals surface area contributed by atoms with Crippen LogP contribution in [0.3, 0.4) is 0 Å². The van der Waals surface area contributed by atoms with Gasteiger partial charge in [-0.3, -0.25) is 10.1 Å². The molecule has 9 heteroatoms. The smallest absolute Gasteiger partial charge is 0.428 e. The van der Waals surface area contributed by atoms with E-state index in [1.165, 1.54) is 26.4 Å². The van der Waals surface area contributed by atoms with Crippen molar-refractivity contribution in [1.82, 2.24) is 5.43 Å². The first-order valence-corrected chi connectivity index (χ1v) is 6.60. The summed E-state index contributed by atoms with van der Waals surface area (Å²) in [6, 6.07) is 2.60. The third-order valence-corrected chi connectivity index (χ3v) is 2.49. The molecule has 0 heterocycles. The zero-order valence-electron chi connectivity index (χ0n) is 13.6. The highest BCUT2D eigenvalue weighted by molar-refractivity contribution is 5.87. The van der Waals surface area contributed by atoms with Crippen molar-refractivity contribution in [2.75, 3.05) is 14.2 Å². The molecule has 0 unspecified atom stereocenters. The summed E-state index contributed by atoms with van der Waals surface area (Å²) in [4.78, 5) is 22.0. The molecule has 126 valence electrons. The Balaban J connectivity index is 3.00. The van der Waals surface area contributed by atoms with Crippen molar-refractivity contribution < 1.29 is 23.9 Å². The lowest BCUT2D eigenvalue weighted by Gasteiger charge is -2.18. The second-order valence-corrected chi connectivity index (χ2v) is 5.40. The predicted molar refractivity (Wildman–Crippen MR) is 83.2 cm³/mol. The molecule has 1 amide bonds. The Morgan fingerprint density at radius 3 is 2.30 bits per heavy atom. The van der Waals surface area contributed by atoms with Gasteiger partial charge in [0, 0.05) is 0 Å². The lowest BCUT2D eigenvalue weighted by molar-refractivity contribution is -0.385. The molecule has 23 heavy (non-hydrogen) atoms. The Morgan fingerprint density at radius 2 is 1.83 bits per heavy atom. The van der Waals surface area contributed by atoms with Gasteiger partial charge in [0.2, 0.25) is 0 Å². The van der Waals surface area contributed by atoms with E-state index in [-0.39, 0.29) is 17.0 Å². The lowest BCUT2D eigenvalue weighted by Crippen LogP contribution is -2.29. The molecular formula is C14H19N3O6. The fourth-order valence-corrected chi connectivity index (χ4v) is 1.60. The Bertz CT molecular complexity index is 622. The summed E-state index contributed by atoms with van der Waals surface area (Å²) in [5.74, 6) is 0.522. The first-order valence-electron chi connectivity index (χ1n) is 6.60. The average molecular weight is 325 g/mol. The van der Waals surface area contributed by atoms with Gasteiger partial charge in [-0.2, -0.15) is 5.10 Å². The third-order valence-electron chi connectivity index (χ3n) is 2.49. The number of rotatable bonds is 5. The number of nitrogens with zero attached hydrogens (tertiary/aromatic N) is 2. The van der Waals surface area contributed by atoms with Crippen LogP contribution in [0.25, 0.3) is 0 Å². The van der Waals surface area contributed by atoms with Crippen molar-refractivity contribution in [2.45, 2.75) is 26.4 Å². The Kier molecular flexibility index (Phi) is 5.88. The molecule has 0 saturated carbocycles. The average Bonchev–Trinajstić information content (AvgIpc) is 2.44. The molecule has 0 aliphatic heterocycles. The second kappa shape index (κ2) is 7.43. The van der Waals surface area contributed by atoms with Crippen molar-refractivity contribution in [3.8, 4) is 11.5 Å². The molecule has 0 aromatic heterocycles. The van der Waals surface area contributed by atoms with Gasteiger partial charge < -0.3 is 14.2 Å². The molecule has 0 aliphatic carbocycles. The number of amides is 1. The first kappa shape index (κ1) is 18.2. The van der Waals surface area contributed by atoms with Gasteiger partial charge in [0.15, 0.2) is 11.5 Å². The first-order chi connectivity index (χ1) is 10.7. The van der Waals surface area contributed by atoms with E-state index in [0.29, 0.717) is 5.75 Å². The maximum Gasteiger partial charge on any atom is 0.428 e. The van der Waals surface area contributed by atoms with Crippen LogP contribution in [0.1, 0.15) is 26.3 Å². The number of carbonyl (C=O) groups is 1. The zero-order chi connectivity index (χ0) is 17.6. The number of ether oxygens (including phenoxy) is 3. The molecule has 0 saturated heterocycles. The van der Waals surface area contributed by atoms with Crippen molar-refractivity contribution >= 4 is 18.0 Å². The Morgan fingerprint density at radius 1 is 1.26 bits per heavy atom. The van der Waals surface area contributed by atoms with Crippen LogP contribution in [-0.2, 0) is 4.74 Å². The summed E-state index contributed by atoms with van der Waals surface area (Å²) in [5.41, 5.74) is 1.37. The number of nitro benzene ring substituents is 1. The van der Waals surface area contributed by atoms with Gasteiger partial charge in [0.25, 0.3) is 5.69 Å². The lowest BCUT2D eigenvalue weighted by atomic mass is 10.1. The normalized spacial score (nSPS) is 11.2. The summed E-state index contributed by atoms with van der Waals surface area (Å²) in [5, 5.41) is 14.8. The number of carbonyl (C=O) groups excluding carboxylic acids is 1. The Hall–Kier alpha value is -2.84. The van der Waals surface area contributed by atoms with E-state index in [4.69, 9.17) is 14.2 Å². The second-order valence-electron chi connectivity index (χ2n) is 5.40. The van der Waals surface area contributed by atoms with Gasteiger partial charge >= 0.3 is 6.09 Å². The molecule has 0 fully saturated rings. The van der Waals surface area contributed by atoms with E-state index in [1.54, 1.807) is 20.8 Å². The van der Waals surface area contributed by atoms with E-state index >= 15 is 0 Å². The molecule has 0 atom stereocenters. The maximum absolute atomic E-state index is 11.5. The predicted octanol–water partition coefficient (Wildman–Crippen LogP) is 2.47. The van der Waals surface area contributed by atoms with Crippen molar-refractivity contribution in [2.24, 2.45) is 5.10 Å². The summed E-state index contributed by atoms with van der Waals surface area (Å²) >= 11 is 0. The SMILES string of the molecule is COc1cc(/C=N\NC(=O)OC(C)(C)C)c([N+](=O)[O-])cc1OC. The fraction of sp³-hybridized carbons (Fsp3) is 0.429. The molecule has 9 nitrogen and oxygen atoms in total. The van der Waals surface area contributed by atoms with Crippen LogP contribution in [0.15, 0.2) is 17.2 Å². The van der Waals surface area contributed by atoms with Gasteiger partial charge in [-0.05, 0) is 26.8 Å². The topological polar surface area (TPSA) is 112 Å². The van der Waals surface area contributed by atoms with Crippen LogP contribution in [0.5, 0.6) is 11.5 Å². The van der Waals surface area contributed by atoms with E-state index in [9.17, 15) is 14.9 Å². The molecule has 1 aromatic rings. The molecule has 0 bridgehead atoms. The summed E-state index contributed by atoms with van der Waals surface area (Å²) in [6.07, 6.45) is 0.362. The van der Waals surface area contributed by atoms with E-state index in [0.717, 1.165) is 6.21 Å². The number of hydrazone groups is 1. The van der Waals surface area contributed by atoms with Crippen LogP contribution in [-0.4, -0.2) is 37.1 Å². The van der Waals surface area contributed by atoms with Crippen LogP contribution in [0.4, 0.5) is 10.5 Å². The minimum Gasteiger partial charge on any atom is -0.493 e. The summed E-state index contributed by atoms with van der Waals surface area (Å²) in [7, 11) is 2.78. The van der Waals surface area contributed by atoms with Crippen LogP contribution >= 0.6 is 0 Å². The largest absolute Gasteiger partial charge is 0.493 e. The van der Waals surface area contributed by atoms with E-state index < -0.39 is 16.6 Å². The van der Waals surface area contributed by atoms with Crippen LogP contribution in [0.2, 0.25) is 0 Å². The number of methoxy groups -OCH3 is 2. The number of hydrogen-bond donors (Lipinski definition) is 1. The van der Waals surface area contributed by atoms with Crippen molar-refractivity contribution in [3.63, 3.8) is 0 Å². The quantitative estimate of drug-likeness (QED) is 0.505. The summed E-state index contributed by atoms with van der Waals surface area (Å²) < 4.78 is 15.1. The monoisotopic (exact) mass is 325 g/mol. The van der Waals surface area contributed by atoms with Gasteiger partial charge in [0.05, 0.1) is 37.0 Å². The van der Waals surface area contributed by atoms with Gasteiger partial charge in [-0.1, -0.05) is 0 Å². The van der Waals surface area contributed by atoms with E-state index in [2.05, 4.69) is 10.5 Å². The highest BCUT2D eigenvalue weighted by Gasteiger charge is 2.19. The molecule has 1 N–H and O–H groups in total. The molecule has 1 rings (SSSR count). The minimum absolute atomic E-state index is 0.142. The number of benzene rings is 1. The summed E-state index contributed by atoms with van der Waals surface area (Å²) in [6.45, 7) is 5.11. The zero-order valence-corrected chi connectivity index (χ0v) is 13.6. The minimum atomic E-state index is -0.767. The molecule has 1 aromatic carbocycles. The number of hydrogen-bond acceptors (Lipinski definition) is 7. The standard InChI is InChI=1S/C14H19N3O6/c1-14(2,3)23-13(18)16-15-8-9-6-11(21-4)12(22-5)7-10(9)17(19)20/h6-8H,1-5H3,(H,16,18)/b15-8-. The fourth-order valence-electron chi connectivity index (χ4n) is 1.60. The molecule has 0 aliphatic rings. The molecule has 0 radical (unpaired) electrons. The molecular weight excluding hydrogens is 306 g/mol.